The maximum atomic E-state index is 14.9. The minimum absolute atomic E-state index is 0.140. The summed E-state index contributed by atoms with van der Waals surface area (Å²) in [6, 6.07) is 15.9. The topological polar surface area (TPSA) is 100 Å². The van der Waals surface area contributed by atoms with E-state index in [0.29, 0.717) is 5.69 Å². The lowest BCUT2D eigenvalue weighted by Gasteiger charge is -2.16. The highest BCUT2D eigenvalue weighted by Crippen LogP contribution is 2.26. The molecule has 9 heteroatoms. The Kier molecular flexibility index (Phi) is 6.72. The molecular weight excluding hydrogens is 437 g/mol. The van der Waals surface area contributed by atoms with Crippen molar-refractivity contribution in [2.24, 2.45) is 0 Å². The van der Waals surface area contributed by atoms with E-state index in [9.17, 15) is 14.0 Å². The molecule has 4 rings (SSSR count). The first kappa shape index (κ1) is 23.2. The molecule has 2 aromatic carbocycles. The molecule has 0 saturated carbocycles. The fraction of sp³-hybridized carbons (Fsp3) is 0.280. The molecule has 2 amide bonds. The molecule has 3 aromatic rings. The number of aromatic nitrogens is 2. The lowest BCUT2D eigenvalue weighted by Crippen LogP contribution is -2.33. The molecule has 0 bridgehead atoms. The van der Waals surface area contributed by atoms with Crippen molar-refractivity contribution in [3.8, 4) is 11.3 Å². The summed E-state index contributed by atoms with van der Waals surface area (Å²) in [7, 11) is 0. The van der Waals surface area contributed by atoms with Gasteiger partial charge in [-0.3, -0.25) is 14.4 Å². The monoisotopic (exact) mass is 463 g/mol. The summed E-state index contributed by atoms with van der Waals surface area (Å²) in [5, 5.41) is 15.6. The van der Waals surface area contributed by atoms with E-state index in [1.807, 2.05) is 49.5 Å². The molecule has 1 saturated heterocycles. The van der Waals surface area contributed by atoms with Crippen LogP contribution in [0.25, 0.3) is 11.3 Å². The van der Waals surface area contributed by atoms with Crippen molar-refractivity contribution >= 4 is 23.4 Å². The molecule has 1 aliphatic rings. The zero-order chi connectivity index (χ0) is 24.2. The van der Waals surface area contributed by atoms with E-state index in [2.05, 4.69) is 10.4 Å². The largest absolute Gasteiger partial charge is 0.442 e. The van der Waals surface area contributed by atoms with Crippen molar-refractivity contribution in [2.75, 3.05) is 18.0 Å². The van der Waals surface area contributed by atoms with E-state index in [-0.39, 0.29) is 42.7 Å². The maximum absolute atomic E-state index is 14.9. The van der Waals surface area contributed by atoms with Crippen molar-refractivity contribution in [1.82, 2.24) is 15.1 Å². The standard InChI is InChI=1S/C25H26FN5O3/c1-16(31-11-10-24(29-31)18-6-4-3-5-7-18)12-23(27)21-9-8-19(13-22(21)26)30-15-20(34-25(30)33)14-28-17(2)32/h3-11,13,16,20,27H,12,14-15H2,1-2H3,(H,28,32)/t16?,20-/m0/s1. The minimum Gasteiger partial charge on any atom is -0.442 e. The molecule has 1 aliphatic heterocycles. The third-order valence-electron chi connectivity index (χ3n) is 5.67. The smallest absolute Gasteiger partial charge is 0.414 e. The molecule has 1 unspecified atom stereocenters. The fourth-order valence-electron chi connectivity index (χ4n) is 3.86. The second-order valence-corrected chi connectivity index (χ2v) is 8.30. The molecule has 1 fully saturated rings. The maximum Gasteiger partial charge on any atom is 0.414 e. The van der Waals surface area contributed by atoms with Gasteiger partial charge >= 0.3 is 6.09 Å². The molecule has 0 aliphatic carbocycles. The lowest BCUT2D eigenvalue weighted by atomic mass is 10.0. The van der Waals surface area contributed by atoms with Crippen LogP contribution in [-0.2, 0) is 9.53 Å². The number of benzene rings is 2. The van der Waals surface area contributed by atoms with Crippen molar-refractivity contribution in [3.63, 3.8) is 0 Å². The van der Waals surface area contributed by atoms with Crippen molar-refractivity contribution in [3.05, 3.63) is 72.2 Å². The summed E-state index contributed by atoms with van der Waals surface area (Å²) in [6.07, 6.45) is 1.04. The van der Waals surface area contributed by atoms with Gasteiger partial charge in [-0.05, 0) is 31.2 Å². The molecular formula is C25H26FN5O3. The van der Waals surface area contributed by atoms with E-state index >= 15 is 0 Å². The van der Waals surface area contributed by atoms with Crippen molar-refractivity contribution < 1.29 is 18.7 Å². The van der Waals surface area contributed by atoms with Crippen LogP contribution in [0.1, 0.15) is 31.9 Å². The van der Waals surface area contributed by atoms with Crippen LogP contribution in [0.15, 0.2) is 60.8 Å². The molecule has 8 nitrogen and oxygen atoms in total. The van der Waals surface area contributed by atoms with E-state index in [1.165, 1.54) is 24.0 Å². The number of carbonyl (C=O) groups excluding carboxylic acids is 2. The number of anilines is 1. The fourth-order valence-corrected chi connectivity index (χ4v) is 3.86. The highest BCUT2D eigenvalue weighted by molar-refractivity contribution is 5.99. The van der Waals surface area contributed by atoms with E-state index < -0.39 is 18.0 Å². The first-order valence-electron chi connectivity index (χ1n) is 11.0. The number of nitrogens with zero attached hydrogens (tertiary/aromatic N) is 3. The van der Waals surface area contributed by atoms with Gasteiger partial charge in [0.25, 0.3) is 0 Å². The van der Waals surface area contributed by atoms with Crippen LogP contribution >= 0.6 is 0 Å². The Morgan fingerprint density at radius 3 is 2.74 bits per heavy atom. The lowest BCUT2D eigenvalue weighted by molar-refractivity contribution is -0.119. The summed E-state index contributed by atoms with van der Waals surface area (Å²) in [4.78, 5) is 24.6. The Balaban J connectivity index is 1.41. The van der Waals surface area contributed by atoms with Crippen molar-refractivity contribution in [2.45, 2.75) is 32.4 Å². The minimum atomic E-state index is -0.598. The quantitative estimate of drug-likeness (QED) is 0.490. The number of nitrogens with one attached hydrogen (secondary N) is 2. The van der Waals surface area contributed by atoms with Crippen LogP contribution in [0.2, 0.25) is 0 Å². The van der Waals surface area contributed by atoms with E-state index in [4.69, 9.17) is 10.1 Å². The van der Waals surface area contributed by atoms with Gasteiger partial charge in [0.05, 0.1) is 30.5 Å². The number of rotatable bonds is 8. The van der Waals surface area contributed by atoms with Crippen LogP contribution in [0.3, 0.4) is 0 Å². The number of amides is 2. The van der Waals surface area contributed by atoms with Crippen LogP contribution in [0.4, 0.5) is 14.9 Å². The molecule has 0 radical (unpaired) electrons. The van der Waals surface area contributed by atoms with Crippen LogP contribution in [0, 0.1) is 11.2 Å². The Morgan fingerprint density at radius 2 is 2.03 bits per heavy atom. The first-order chi connectivity index (χ1) is 16.3. The summed E-state index contributed by atoms with van der Waals surface area (Å²) in [5.74, 6) is -0.803. The van der Waals surface area contributed by atoms with E-state index in [0.717, 1.165) is 11.3 Å². The number of hydrogen-bond donors (Lipinski definition) is 2. The zero-order valence-electron chi connectivity index (χ0n) is 19.0. The predicted octanol–water partition coefficient (Wildman–Crippen LogP) is 4.17. The second-order valence-electron chi connectivity index (χ2n) is 8.30. The third-order valence-corrected chi connectivity index (χ3v) is 5.67. The highest BCUT2D eigenvalue weighted by atomic mass is 19.1. The van der Waals surface area contributed by atoms with Gasteiger partial charge in [0.1, 0.15) is 11.9 Å². The Labute approximate surface area is 196 Å². The first-order valence-corrected chi connectivity index (χ1v) is 11.0. The average molecular weight is 464 g/mol. The molecule has 1 aromatic heterocycles. The van der Waals surface area contributed by atoms with Gasteiger partial charge in [-0.2, -0.15) is 5.10 Å². The molecule has 2 heterocycles. The second kappa shape index (κ2) is 9.86. The Morgan fingerprint density at radius 1 is 1.26 bits per heavy atom. The molecule has 34 heavy (non-hydrogen) atoms. The normalized spacial score (nSPS) is 16.3. The van der Waals surface area contributed by atoms with Crippen molar-refractivity contribution in [1.29, 1.82) is 5.41 Å². The van der Waals surface area contributed by atoms with Gasteiger partial charge in [0.2, 0.25) is 5.91 Å². The molecule has 2 N–H and O–H groups in total. The number of halogens is 1. The molecule has 176 valence electrons. The van der Waals surface area contributed by atoms with Crippen LogP contribution in [-0.4, -0.2) is 46.7 Å². The van der Waals surface area contributed by atoms with Gasteiger partial charge in [-0.25, -0.2) is 9.18 Å². The Bertz CT molecular complexity index is 1210. The summed E-state index contributed by atoms with van der Waals surface area (Å²) >= 11 is 0. The zero-order valence-corrected chi connectivity index (χ0v) is 19.0. The Hall–Kier alpha value is -4.01. The number of ether oxygens (including phenoxy) is 1. The molecule has 2 atom stereocenters. The van der Waals surface area contributed by atoms with Crippen LogP contribution < -0.4 is 10.2 Å². The van der Waals surface area contributed by atoms with Gasteiger partial charge in [-0.1, -0.05) is 30.3 Å². The SMILES string of the molecule is CC(=O)NC[C@H]1CN(c2ccc(C(=N)CC(C)n3ccc(-c4ccccc4)n3)c(F)c2)C(=O)O1. The summed E-state index contributed by atoms with van der Waals surface area (Å²) in [6.45, 7) is 3.71. The number of hydrogen-bond acceptors (Lipinski definition) is 5. The van der Waals surface area contributed by atoms with Gasteiger partial charge in [0.15, 0.2) is 0 Å². The van der Waals surface area contributed by atoms with Gasteiger partial charge in [-0.15, -0.1) is 0 Å². The van der Waals surface area contributed by atoms with Crippen LogP contribution in [0.5, 0.6) is 0 Å². The number of cyclic esters (lactones) is 1. The van der Waals surface area contributed by atoms with E-state index in [1.54, 1.807) is 10.7 Å². The number of carbonyl (C=O) groups is 2. The molecule has 0 spiro atoms. The summed E-state index contributed by atoms with van der Waals surface area (Å²) < 4.78 is 21.9. The summed E-state index contributed by atoms with van der Waals surface area (Å²) in [5.41, 5.74) is 2.50. The third kappa shape index (κ3) is 5.14. The predicted molar refractivity (Wildman–Crippen MR) is 127 cm³/mol. The highest BCUT2D eigenvalue weighted by Gasteiger charge is 2.32. The van der Waals surface area contributed by atoms with Gasteiger partial charge in [0, 0.05) is 36.4 Å². The average Bonchev–Trinajstić information content (AvgIpc) is 3.45. The van der Waals surface area contributed by atoms with Gasteiger partial charge < -0.3 is 15.5 Å².